The van der Waals surface area contributed by atoms with Gasteiger partial charge in [-0.05, 0) is 73.6 Å². The standard InChI is InChI=1S/C28H34N4O3S/c1-4-25-26(30-31-28(33)36-25)19-11-13-22-18(16-19)8-7-15-32(22)27(29-21-9-5-6-10-21)20-12-14-23(34-2)24(17-20)35-3/h11-14,16-17,21,25H,4-10,15H2,1-3H3,(H,31,33). The third-order valence-electron chi connectivity index (χ3n) is 7.21. The maximum absolute atomic E-state index is 11.8. The number of carbonyl (C=O) groups excluding carboxylic acids is 1. The van der Waals surface area contributed by atoms with E-state index in [9.17, 15) is 4.79 Å². The van der Waals surface area contributed by atoms with E-state index in [1.165, 1.54) is 35.9 Å². The molecule has 1 fully saturated rings. The Hall–Kier alpha value is -3.00. The van der Waals surface area contributed by atoms with Gasteiger partial charge in [-0.15, -0.1) is 0 Å². The SMILES string of the molecule is CCC1SC(=O)NN=C1c1ccc2c(c1)CCCN2C(=NC1CCCC1)c1ccc(OC)c(OC)c1. The first kappa shape index (κ1) is 24.7. The second-order valence-corrected chi connectivity index (χ2v) is 10.6. The van der Waals surface area contributed by atoms with Crippen molar-refractivity contribution in [3.05, 3.63) is 53.1 Å². The number of nitrogens with zero attached hydrogens (tertiary/aromatic N) is 3. The molecule has 36 heavy (non-hydrogen) atoms. The van der Waals surface area contributed by atoms with Crippen LogP contribution in [-0.4, -0.2) is 48.8 Å². The molecule has 2 aliphatic heterocycles. The summed E-state index contributed by atoms with van der Waals surface area (Å²) in [5, 5.41) is 4.41. The third kappa shape index (κ3) is 4.96. The predicted molar refractivity (Wildman–Crippen MR) is 147 cm³/mol. The zero-order chi connectivity index (χ0) is 25.1. The first-order valence-electron chi connectivity index (χ1n) is 12.9. The van der Waals surface area contributed by atoms with Crippen LogP contribution in [-0.2, 0) is 6.42 Å². The highest BCUT2D eigenvalue weighted by atomic mass is 32.2. The van der Waals surface area contributed by atoms with Gasteiger partial charge in [-0.1, -0.05) is 37.6 Å². The van der Waals surface area contributed by atoms with Gasteiger partial charge in [0, 0.05) is 17.8 Å². The molecule has 1 amide bonds. The summed E-state index contributed by atoms with van der Waals surface area (Å²) in [6.45, 7) is 3.01. The van der Waals surface area contributed by atoms with Gasteiger partial charge in [0.1, 0.15) is 5.84 Å². The molecule has 1 aliphatic carbocycles. The van der Waals surface area contributed by atoms with Gasteiger partial charge in [-0.25, -0.2) is 5.43 Å². The summed E-state index contributed by atoms with van der Waals surface area (Å²) in [4.78, 5) is 19.5. The van der Waals surface area contributed by atoms with E-state index in [1.54, 1.807) is 14.2 Å². The van der Waals surface area contributed by atoms with Crippen LogP contribution >= 0.6 is 11.8 Å². The van der Waals surface area contributed by atoms with Crippen LogP contribution in [0.15, 0.2) is 46.5 Å². The molecule has 190 valence electrons. The van der Waals surface area contributed by atoms with E-state index in [1.807, 2.05) is 12.1 Å². The number of thioether (sulfide) groups is 1. The minimum absolute atomic E-state index is 0.0720. The zero-order valence-corrected chi connectivity index (χ0v) is 22.1. The largest absolute Gasteiger partial charge is 0.493 e. The van der Waals surface area contributed by atoms with Gasteiger partial charge in [0.25, 0.3) is 5.24 Å². The molecule has 2 aromatic carbocycles. The number of rotatable bonds is 6. The maximum atomic E-state index is 11.8. The molecule has 0 bridgehead atoms. The van der Waals surface area contributed by atoms with Gasteiger partial charge in [0.2, 0.25) is 0 Å². The number of methoxy groups -OCH3 is 2. The van der Waals surface area contributed by atoms with Crippen molar-refractivity contribution >= 4 is 34.2 Å². The number of aryl methyl sites for hydroxylation is 1. The Kier molecular flexibility index (Phi) is 7.51. The summed E-state index contributed by atoms with van der Waals surface area (Å²) in [5.74, 6) is 2.43. The number of amides is 1. The molecular formula is C28H34N4O3S. The Labute approximate surface area is 217 Å². The van der Waals surface area contributed by atoms with Gasteiger partial charge < -0.3 is 14.4 Å². The fraction of sp³-hybridized carbons (Fsp3) is 0.464. The Morgan fingerprint density at radius 2 is 1.92 bits per heavy atom. The van der Waals surface area contributed by atoms with Gasteiger partial charge in [-0.2, -0.15) is 5.10 Å². The van der Waals surface area contributed by atoms with E-state index < -0.39 is 0 Å². The van der Waals surface area contributed by atoms with E-state index in [0.717, 1.165) is 61.3 Å². The van der Waals surface area contributed by atoms with E-state index >= 15 is 0 Å². The van der Waals surface area contributed by atoms with E-state index in [0.29, 0.717) is 17.5 Å². The topological polar surface area (TPSA) is 75.5 Å². The van der Waals surface area contributed by atoms with Crippen molar-refractivity contribution in [3.63, 3.8) is 0 Å². The number of carbonyl (C=O) groups is 1. The Balaban J connectivity index is 1.54. The van der Waals surface area contributed by atoms with Crippen molar-refractivity contribution in [1.82, 2.24) is 5.43 Å². The number of fused-ring (bicyclic) bond motifs is 1. The summed E-state index contributed by atoms with van der Waals surface area (Å²) in [6, 6.07) is 13.0. The van der Waals surface area contributed by atoms with Crippen molar-refractivity contribution < 1.29 is 14.3 Å². The number of hydrogen-bond donors (Lipinski definition) is 1. The fourth-order valence-electron chi connectivity index (χ4n) is 5.37. The molecule has 2 heterocycles. The van der Waals surface area contributed by atoms with Crippen LogP contribution in [0.5, 0.6) is 11.5 Å². The summed E-state index contributed by atoms with van der Waals surface area (Å²) in [5.41, 5.74) is 8.19. The van der Waals surface area contributed by atoms with Crippen molar-refractivity contribution in [2.45, 2.75) is 63.2 Å². The van der Waals surface area contributed by atoms with Crippen molar-refractivity contribution in [2.75, 3.05) is 25.7 Å². The number of anilines is 1. The highest BCUT2D eigenvalue weighted by Gasteiger charge is 2.28. The monoisotopic (exact) mass is 506 g/mol. The molecule has 2 aromatic rings. The molecule has 1 N–H and O–H groups in total. The molecular weight excluding hydrogens is 472 g/mol. The quantitative estimate of drug-likeness (QED) is 0.397. The predicted octanol–water partition coefficient (Wildman–Crippen LogP) is 5.78. The maximum Gasteiger partial charge on any atom is 0.299 e. The number of hydrazone groups is 1. The van der Waals surface area contributed by atoms with Crippen LogP contribution in [0, 0.1) is 0 Å². The highest BCUT2D eigenvalue weighted by Crippen LogP contribution is 2.35. The van der Waals surface area contributed by atoms with Crippen LogP contribution in [0.25, 0.3) is 0 Å². The first-order valence-corrected chi connectivity index (χ1v) is 13.7. The Morgan fingerprint density at radius 3 is 2.67 bits per heavy atom. The van der Waals surface area contributed by atoms with Crippen LogP contribution in [0.3, 0.4) is 0 Å². The Bertz CT molecular complexity index is 1190. The van der Waals surface area contributed by atoms with Crippen LogP contribution < -0.4 is 19.8 Å². The summed E-state index contributed by atoms with van der Waals surface area (Å²) in [7, 11) is 3.33. The average molecular weight is 507 g/mol. The molecule has 0 saturated heterocycles. The zero-order valence-electron chi connectivity index (χ0n) is 21.3. The fourth-order valence-corrected chi connectivity index (χ4v) is 6.20. The first-order chi connectivity index (χ1) is 17.6. The molecule has 0 radical (unpaired) electrons. The van der Waals surface area contributed by atoms with E-state index in [-0.39, 0.29) is 10.5 Å². The molecule has 0 spiro atoms. The number of amidine groups is 1. The van der Waals surface area contributed by atoms with Crippen LogP contribution in [0.4, 0.5) is 10.5 Å². The second-order valence-electron chi connectivity index (χ2n) is 9.47. The highest BCUT2D eigenvalue weighted by molar-refractivity contribution is 8.14. The molecule has 5 rings (SSSR count). The van der Waals surface area contributed by atoms with Gasteiger partial charge in [0.15, 0.2) is 11.5 Å². The van der Waals surface area contributed by atoms with Gasteiger partial charge in [0.05, 0.1) is 31.2 Å². The molecule has 1 unspecified atom stereocenters. The normalized spacial score (nSPS) is 20.6. The van der Waals surface area contributed by atoms with Gasteiger partial charge >= 0.3 is 0 Å². The van der Waals surface area contributed by atoms with Crippen molar-refractivity contribution in [2.24, 2.45) is 10.1 Å². The summed E-state index contributed by atoms with van der Waals surface area (Å²) < 4.78 is 11.1. The molecule has 8 heteroatoms. The summed E-state index contributed by atoms with van der Waals surface area (Å²) >= 11 is 1.32. The summed E-state index contributed by atoms with van der Waals surface area (Å²) in [6.07, 6.45) is 7.66. The lowest BCUT2D eigenvalue weighted by Crippen LogP contribution is -2.37. The second kappa shape index (κ2) is 10.9. The molecule has 1 atom stereocenters. The number of nitrogens with one attached hydrogen (secondary N) is 1. The van der Waals surface area contributed by atoms with Crippen molar-refractivity contribution in [1.29, 1.82) is 0 Å². The number of benzene rings is 2. The smallest absolute Gasteiger partial charge is 0.299 e. The molecule has 0 aromatic heterocycles. The minimum atomic E-state index is -0.0857. The number of aliphatic imine (C=N–C) groups is 1. The average Bonchev–Trinajstić information content (AvgIpc) is 3.44. The lowest BCUT2D eigenvalue weighted by molar-refractivity contribution is 0.260. The van der Waals surface area contributed by atoms with E-state index in [4.69, 9.17) is 14.5 Å². The van der Waals surface area contributed by atoms with Crippen LogP contribution in [0.1, 0.15) is 62.1 Å². The number of hydrogen-bond acceptors (Lipinski definition) is 6. The van der Waals surface area contributed by atoms with Crippen LogP contribution in [0.2, 0.25) is 0 Å². The Morgan fingerprint density at radius 1 is 1.11 bits per heavy atom. The van der Waals surface area contributed by atoms with Gasteiger partial charge in [-0.3, -0.25) is 9.79 Å². The van der Waals surface area contributed by atoms with E-state index in [2.05, 4.69) is 46.6 Å². The molecule has 1 saturated carbocycles. The lowest BCUT2D eigenvalue weighted by atomic mass is 9.95. The minimum Gasteiger partial charge on any atom is -0.493 e. The number of ether oxygens (including phenoxy) is 2. The molecule has 7 nitrogen and oxygen atoms in total. The molecule has 3 aliphatic rings. The third-order valence-corrected chi connectivity index (χ3v) is 8.36. The van der Waals surface area contributed by atoms with Crippen molar-refractivity contribution in [3.8, 4) is 11.5 Å². The lowest BCUT2D eigenvalue weighted by Gasteiger charge is -2.34.